The molecule has 0 aliphatic heterocycles. The summed E-state index contributed by atoms with van der Waals surface area (Å²) in [6.45, 7) is 6.40. The van der Waals surface area contributed by atoms with Gasteiger partial charge in [-0.1, -0.05) is 13.8 Å². The lowest BCUT2D eigenvalue weighted by Gasteiger charge is -2.02. The van der Waals surface area contributed by atoms with Gasteiger partial charge in [0.1, 0.15) is 0 Å². The minimum Gasteiger partial charge on any atom is -0.469 e. The van der Waals surface area contributed by atoms with Gasteiger partial charge in [-0.15, -0.1) is 0 Å². The summed E-state index contributed by atoms with van der Waals surface area (Å²) in [4.78, 5) is 21.9. The Bertz CT molecular complexity index is 273. The predicted octanol–water partition coefficient (Wildman–Crippen LogP) is 0.958. The zero-order valence-corrected chi connectivity index (χ0v) is 9.79. The third-order valence-corrected chi connectivity index (χ3v) is 3.47. The Morgan fingerprint density at radius 3 is 2.40 bits per heavy atom. The van der Waals surface area contributed by atoms with Crippen molar-refractivity contribution in [3.63, 3.8) is 0 Å². The van der Waals surface area contributed by atoms with Crippen molar-refractivity contribution < 1.29 is 14.3 Å². The number of esters is 1. The summed E-state index contributed by atoms with van der Waals surface area (Å²) in [5.74, 6) is 0.533. The van der Waals surface area contributed by atoms with Crippen LogP contribution in [0, 0.1) is 17.3 Å². The van der Waals surface area contributed by atoms with Gasteiger partial charge in [-0.2, -0.15) is 0 Å². The standard InChI is InChI=1S/C11H19NO3/c1-7(13)12-6-9-8(11(9,2)3)5-10(14)15-4/h8-9H,5-6H2,1-4H3,(H,12,13)/t8-,9+/m1/s1. The molecule has 2 atom stereocenters. The maximum Gasteiger partial charge on any atom is 0.305 e. The fourth-order valence-corrected chi connectivity index (χ4v) is 2.18. The van der Waals surface area contributed by atoms with E-state index in [0.717, 1.165) is 0 Å². The summed E-state index contributed by atoms with van der Waals surface area (Å²) >= 11 is 0. The lowest BCUT2D eigenvalue weighted by molar-refractivity contribution is -0.141. The fraction of sp³-hybridized carbons (Fsp3) is 0.818. The summed E-state index contributed by atoms with van der Waals surface area (Å²) in [6, 6.07) is 0. The molecule has 4 nitrogen and oxygen atoms in total. The first-order valence-electron chi connectivity index (χ1n) is 5.20. The van der Waals surface area contributed by atoms with E-state index in [9.17, 15) is 9.59 Å². The Morgan fingerprint density at radius 2 is 1.93 bits per heavy atom. The molecule has 0 saturated heterocycles. The summed E-state index contributed by atoms with van der Waals surface area (Å²) in [7, 11) is 1.40. The fourth-order valence-electron chi connectivity index (χ4n) is 2.18. The molecule has 15 heavy (non-hydrogen) atoms. The first-order valence-corrected chi connectivity index (χ1v) is 5.20. The number of amides is 1. The second-order valence-corrected chi connectivity index (χ2v) is 4.75. The van der Waals surface area contributed by atoms with Crippen LogP contribution in [0.2, 0.25) is 0 Å². The van der Waals surface area contributed by atoms with Gasteiger partial charge in [0, 0.05) is 19.9 Å². The monoisotopic (exact) mass is 213 g/mol. The molecule has 1 aliphatic rings. The molecule has 86 valence electrons. The molecule has 1 aliphatic carbocycles. The van der Waals surface area contributed by atoms with Gasteiger partial charge in [0.25, 0.3) is 0 Å². The highest BCUT2D eigenvalue weighted by Gasteiger charge is 2.57. The molecule has 0 radical (unpaired) electrons. The number of rotatable bonds is 4. The van der Waals surface area contributed by atoms with E-state index in [1.54, 1.807) is 0 Å². The van der Waals surface area contributed by atoms with E-state index in [2.05, 4.69) is 23.9 Å². The Kier molecular flexibility index (Phi) is 3.37. The molecule has 1 amide bonds. The van der Waals surface area contributed by atoms with E-state index in [1.165, 1.54) is 14.0 Å². The molecule has 1 N–H and O–H groups in total. The van der Waals surface area contributed by atoms with Gasteiger partial charge in [-0.25, -0.2) is 0 Å². The van der Waals surface area contributed by atoms with E-state index in [4.69, 9.17) is 0 Å². The Hall–Kier alpha value is -1.06. The van der Waals surface area contributed by atoms with Crippen LogP contribution in [0.5, 0.6) is 0 Å². The van der Waals surface area contributed by atoms with Crippen LogP contribution in [0.1, 0.15) is 27.2 Å². The van der Waals surface area contributed by atoms with Gasteiger partial charge in [0.2, 0.25) is 5.91 Å². The van der Waals surface area contributed by atoms with Crippen LogP contribution in [-0.4, -0.2) is 25.5 Å². The summed E-state index contributed by atoms with van der Waals surface area (Å²) < 4.78 is 4.64. The number of methoxy groups -OCH3 is 1. The van der Waals surface area contributed by atoms with Gasteiger partial charge >= 0.3 is 5.97 Å². The number of hydrogen-bond donors (Lipinski definition) is 1. The van der Waals surface area contributed by atoms with Crippen LogP contribution < -0.4 is 5.32 Å². The van der Waals surface area contributed by atoms with Crippen molar-refractivity contribution >= 4 is 11.9 Å². The minimum absolute atomic E-state index is 0.0190. The van der Waals surface area contributed by atoms with E-state index in [0.29, 0.717) is 24.8 Å². The molecular formula is C11H19NO3. The van der Waals surface area contributed by atoms with Crippen LogP contribution in [-0.2, 0) is 14.3 Å². The van der Waals surface area contributed by atoms with E-state index >= 15 is 0 Å². The Labute approximate surface area is 90.4 Å². The largest absolute Gasteiger partial charge is 0.469 e. The molecule has 4 heteroatoms. The summed E-state index contributed by atoms with van der Waals surface area (Å²) in [5, 5.41) is 2.79. The van der Waals surface area contributed by atoms with Crippen LogP contribution in [0.25, 0.3) is 0 Å². The van der Waals surface area contributed by atoms with E-state index in [-0.39, 0.29) is 17.3 Å². The summed E-state index contributed by atoms with van der Waals surface area (Å²) in [6.07, 6.45) is 0.452. The van der Waals surface area contributed by atoms with Crippen molar-refractivity contribution in [2.24, 2.45) is 17.3 Å². The third kappa shape index (κ3) is 2.70. The van der Waals surface area contributed by atoms with Gasteiger partial charge in [0.05, 0.1) is 7.11 Å². The molecule has 1 fully saturated rings. The molecule has 0 aromatic carbocycles. The quantitative estimate of drug-likeness (QED) is 0.708. The normalized spacial score (nSPS) is 26.9. The zero-order chi connectivity index (χ0) is 11.6. The zero-order valence-electron chi connectivity index (χ0n) is 9.79. The van der Waals surface area contributed by atoms with Crippen LogP contribution in [0.3, 0.4) is 0 Å². The van der Waals surface area contributed by atoms with Crippen LogP contribution in [0.15, 0.2) is 0 Å². The third-order valence-electron chi connectivity index (χ3n) is 3.47. The van der Waals surface area contributed by atoms with Crippen molar-refractivity contribution in [3.05, 3.63) is 0 Å². The number of carbonyl (C=O) groups is 2. The molecule has 0 bridgehead atoms. The molecule has 1 saturated carbocycles. The predicted molar refractivity (Wildman–Crippen MR) is 56.1 cm³/mol. The number of carbonyl (C=O) groups excluding carboxylic acids is 2. The van der Waals surface area contributed by atoms with Crippen molar-refractivity contribution in [2.75, 3.05) is 13.7 Å². The average Bonchev–Trinajstić information content (AvgIpc) is 2.64. The van der Waals surface area contributed by atoms with Crippen LogP contribution in [0.4, 0.5) is 0 Å². The van der Waals surface area contributed by atoms with Crippen molar-refractivity contribution in [2.45, 2.75) is 27.2 Å². The highest BCUT2D eigenvalue weighted by molar-refractivity contribution is 5.73. The maximum atomic E-state index is 11.1. The average molecular weight is 213 g/mol. The Morgan fingerprint density at radius 1 is 1.33 bits per heavy atom. The highest BCUT2D eigenvalue weighted by atomic mass is 16.5. The van der Waals surface area contributed by atoms with Gasteiger partial charge in [-0.3, -0.25) is 9.59 Å². The first kappa shape index (κ1) is 12.0. The second kappa shape index (κ2) is 4.21. The molecule has 0 spiro atoms. The maximum absolute atomic E-state index is 11.1. The molecule has 0 aromatic heterocycles. The molecule has 0 heterocycles. The molecule has 0 aromatic rings. The number of nitrogens with one attached hydrogen (secondary N) is 1. The van der Waals surface area contributed by atoms with Gasteiger partial charge < -0.3 is 10.1 Å². The van der Waals surface area contributed by atoms with Crippen molar-refractivity contribution in [1.29, 1.82) is 0 Å². The first-order chi connectivity index (χ1) is 6.89. The topological polar surface area (TPSA) is 55.4 Å². The Balaban J connectivity index is 2.41. The number of ether oxygens (including phenoxy) is 1. The second-order valence-electron chi connectivity index (χ2n) is 4.75. The lowest BCUT2D eigenvalue weighted by Crippen LogP contribution is -2.23. The van der Waals surface area contributed by atoms with Crippen molar-refractivity contribution in [1.82, 2.24) is 5.32 Å². The SMILES string of the molecule is COC(=O)C[C@@H]1[C@H](CNC(C)=O)C1(C)C. The smallest absolute Gasteiger partial charge is 0.305 e. The van der Waals surface area contributed by atoms with Gasteiger partial charge in [-0.05, 0) is 17.3 Å². The molecule has 0 unspecified atom stereocenters. The van der Waals surface area contributed by atoms with Gasteiger partial charge in [0.15, 0.2) is 0 Å². The van der Waals surface area contributed by atoms with Crippen LogP contribution >= 0.6 is 0 Å². The molecule has 1 rings (SSSR count). The van der Waals surface area contributed by atoms with E-state index in [1.807, 2.05) is 0 Å². The minimum atomic E-state index is -0.168. The number of hydrogen-bond acceptors (Lipinski definition) is 3. The van der Waals surface area contributed by atoms with Crippen molar-refractivity contribution in [3.8, 4) is 0 Å². The van der Waals surface area contributed by atoms with E-state index < -0.39 is 0 Å². The molecular weight excluding hydrogens is 194 g/mol. The lowest BCUT2D eigenvalue weighted by atomic mass is 10.1. The summed E-state index contributed by atoms with van der Waals surface area (Å²) in [5.41, 5.74) is 0.136. The highest BCUT2D eigenvalue weighted by Crippen LogP contribution is 2.59.